The topological polar surface area (TPSA) is 17.1 Å². The van der Waals surface area contributed by atoms with Gasteiger partial charge in [0.2, 0.25) is 0 Å². The van der Waals surface area contributed by atoms with Crippen molar-refractivity contribution >= 4 is 20.6 Å². The molecule has 3 heteroatoms. The zero-order chi connectivity index (χ0) is 5.70. The highest BCUT2D eigenvalue weighted by Gasteiger charge is 1.86. The lowest BCUT2D eigenvalue weighted by Gasteiger charge is -1.85. The standard InChI is InChI=1S/C4H8OS2/c1-3-4-7(5)6-2/h3H,1,4H2,2H3. The molecule has 0 amide bonds. The smallest absolute Gasteiger partial charge is 0.0839 e. The lowest BCUT2D eigenvalue weighted by atomic mass is 10.8. The SMILES string of the molecule is C=CCS(=O)SC. The minimum atomic E-state index is -0.728. The summed E-state index contributed by atoms with van der Waals surface area (Å²) in [6, 6.07) is 0. The third-order valence-corrected chi connectivity index (χ3v) is 2.84. The van der Waals surface area contributed by atoms with Crippen molar-refractivity contribution in [3.63, 3.8) is 0 Å². The van der Waals surface area contributed by atoms with Gasteiger partial charge in [-0.25, -0.2) is 4.21 Å². The monoisotopic (exact) mass is 136 g/mol. The molecular formula is C4H8OS2. The molecule has 0 aromatic rings. The first kappa shape index (κ1) is 7.24. The molecule has 0 spiro atoms. The van der Waals surface area contributed by atoms with Crippen LogP contribution < -0.4 is 0 Å². The molecule has 0 N–H and O–H groups in total. The van der Waals surface area contributed by atoms with E-state index in [0.717, 1.165) is 0 Å². The van der Waals surface area contributed by atoms with Crippen molar-refractivity contribution in [3.05, 3.63) is 12.7 Å². The van der Waals surface area contributed by atoms with Crippen molar-refractivity contribution in [3.8, 4) is 0 Å². The van der Waals surface area contributed by atoms with Crippen LogP contribution in [0.5, 0.6) is 0 Å². The van der Waals surface area contributed by atoms with E-state index in [-0.39, 0.29) is 0 Å². The lowest BCUT2D eigenvalue weighted by Crippen LogP contribution is -1.83. The molecule has 42 valence electrons. The van der Waals surface area contributed by atoms with E-state index in [2.05, 4.69) is 6.58 Å². The highest BCUT2D eigenvalue weighted by Crippen LogP contribution is 1.99. The molecule has 0 aliphatic carbocycles. The first-order valence-corrected chi connectivity index (χ1v) is 4.91. The van der Waals surface area contributed by atoms with Crippen LogP contribution in [0, 0.1) is 0 Å². The summed E-state index contributed by atoms with van der Waals surface area (Å²) in [4.78, 5) is 0. The van der Waals surface area contributed by atoms with Crippen LogP contribution in [0.1, 0.15) is 0 Å². The zero-order valence-electron chi connectivity index (χ0n) is 4.22. The fourth-order valence-electron chi connectivity index (χ4n) is 0.164. The maximum absolute atomic E-state index is 10.4. The summed E-state index contributed by atoms with van der Waals surface area (Å²) in [5.74, 6) is 0.598. The molecule has 1 unspecified atom stereocenters. The lowest BCUT2D eigenvalue weighted by molar-refractivity contribution is 0.693. The second kappa shape index (κ2) is 4.40. The molecule has 7 heavy (non-hydrogen) atoms. The van der Waals surface area contributed by atoms with E-state index in [1.54, 1.807) is 6.08 Å². The first-order chi connectivity index (χ1) is 3.31. The van der Waals surface area contributed by atoms with E-state index >= 15 is 0 Å². The third-order valence-electron chi connectivity index (χ3n) is 0.440. The van der Waals surface area contributed by atoms with E-state index in [1.165, 1.54) is 10.8 Å². The van der Waals surface area contributed by atoms with Crippen molar-refractivity contribution in [2.24, 2.45) is 0 Å². The molecule has 0 aromatic heterocycles. The van der Waals surface area contributed by atoms with E-state index < -0.39 is 9.83 Å². The van der Waals surface area contributed by atoms with Gasteiger partial charge in [0.05, 0.1) is 15.6 Å². The molecule has 0 fully saturated rings. The largest absolute Gasteiger partial charge is 0.248 e. The van der Waals surface area contributed by atoms with Crippen LogP contribution in [0.15, 0.2) is 12.7 Å². The van der Waals surface area contributed by atoms with Crippen molar-refractivity contribution < 1.29 is 4.21 Å². The maximum Gasteiger partial charge on any atom is 0.0839 e. The molecule has 0 aliphatic heterocycles. The summed E-state index contributed by atoms with van der Waals surface area (Å²) < 4.78 is 10.4. The highest BCUT2D eigenvalue weighted by atomic mass is 33.1. The fraction of sp³-hybridized carbons (Fsp3) is 0.500. The van der Waals surface area contributed by atoms with Gasteiger partial charge < -0.3 is 0 Å². The van der Waals surface area contributed by atoms with Gasteiger partial charge in [0, 0.05) is 0 Å². The molecular weight excluding hydrogens is 128 g/mol. The average Bonchev–Trinajstić information content (AvgIpc) is 1.68. The fourth-order valence-corrected chi connectivity index (χ4v) is 1.19. The summed E-state index contributed by atoms with van der Waals surface area (Å²) in [6.07, 6.45) is 3.48. The molecule has 1 atom stereocenters. The van der Waals surface area contributed by atoms with Gasteiger partial charge in [-0.1, -0.05) is 16.9 Å². The Morgan fingerprint density at radius 2 is 2.57 bits per heavy atom. The van der Waals surface area contributed by atoms with Gasteiger partial charge in [-0.3, -0.25) is 0 Å². The maximum atomic E-state index is 10.4. The molecule has 0 aliphatic rings. The van der Waals surface area contributed by atoms with E-state index in [0.29, 0.717) is 5.75 Å². The molecule has 0 bridgehead atoms. The van der Waals surface area contributed by atoms with Crippen LogP contribution in [-0.4, -0.2) is 16.2 Å². The van der Waals surface area contributed by atoms with Crippen LogP contribution in [0.3, 0.4) is 0 Å². The molecule has 1 nitrogen and oxygen atoms in total. The van der Waals surface area contributed by atoms with Gasteiger partial charge in [-0.15, -0.1) is 6.58 Å². The Balaban J connectivity index is 3.17. The summed E-state index contributed by atoms with van der Waals surface area (Å²) in [7, 11) is 0.622. The van der Waals surface area contributed by atoms with E-state index in [4.69, 9.17) is 0 Å². The van der Waals surface area contributed by atoms with Crippen LogP contribution >= 0.6 is 10.8 Å². The quantitative estimate of drug-likeness (QED) is 0.428. The summed E-state index contributed by atoms with van der Waals surface area (Å²) in [5, 5.41) is 0. The van der Waals surface area contributed by atoms with Gasteiger partial charge in [0.1, 0.15) is 0 Å². The van der Waals surface area contributed by atoms with Gasteiger partial charge in [-0.2, -0.15) is 0 Å². The second-order valence-electron chi connectivity index (χ2n) is 0.926. The molecule has 0 rings (SSSR count). The number of hydrogen-bond donors (Lipinski definition) is 0. The van der Waals surface area contributed by atoms with Crippen molar-refractivity contribution in [1.29, 1.82) is 0 Å². The Morgan fingerprint density at radius 3 is 2.71 bits per heavy atom. The second-order valence-corrected chi connectivity index (χ2v) is 4.32. The minimum absolute atomic E-state index is 0.598. The van der Waals surface area contributed by atoms with Crippen LogP contribution in [0.25, 0.3) is 0 Å². The molecule has 0 saturated heterocycles. The molecule has 0 heterocycles. The van der Waals surface area contributed by atoms with E-state index in [9.17, 15) is 4.21 Å². The first-order valence-electron chi connectivity index (χ1n) is 1.85. The number of rotatable bonds is 3. The average molecular weight is 136 g/mol. The van der Waals surface area contributed by atoms with Crippen LogP contribution in [0.4, 0.5) is 0 Å². The minimum Gasteiger partial charge on any atom is -0.248 e. The Labute approximate surface area is 50.0 Å². The Kier molecular flexibility index (Phi) is 4.55. The van der Waals surface area contributed by atoms with Crippen molar-refractivity contribution in [1.82, 2.24) is 0 Å². The van der Waals surface area contributed by atoms with E-state index in [1.807, 2.05) is 6.26 Å². The zero-order valence-corrected chi connectivity index (χ0v) is 5.85. The van der Waals surface area contributed by atoms with Crippen molar-refractivity contribution in [2.75, 3.05) is 12.0 Å². The number of hydrogen-bond acceptors (Lipinski definition) is 2. The normalized spacial score (nSPS) is 13.3. The van der Waals surface area contributed by atoms with Gasteiger partial charge in [0.25, 0.3) is 0 Å². The molecule has 0 saturated carbocycles. The highest BCUT2D eigenvalue weighted by molar-refractivity contribution is 8.68. The van der Waals surface area contributed by atoms with Gasteiger partial charge in [0.15, 0.2) is 0 Å². The van der Waals surface area contributed by atoms with Crippen molar-refractivity contribution in [2.45, 2.75) is 0 Å². The van der Waals surface area contributed by atoms with Gasteiger partial charge in [-0.05, 0) is 6.26 Å². The summed E-state index contributed by atoms with van der Waals surface area (Å²) in [5.41, 5.74) is 0. The van der Waals surface area contributed by atoms with Crippen LogP contribution in [0.2, 0.25) is 0 Å². The third kappa shape index (κ3) is 4.09. The predicted molar refractivity (Wildman–Crippen MR) is 36.7 cm³/mol. The Hall–Kier alpha value is 0.240. The molecule has 0 radical (unpaired) electrons. The molecule has 0 aromatic carbocycles. The Morgan fingerprint density at radius 1 is 2.00 bits per heavy atom. The van der Waals surface area contributed by atoms with Crippen LogP contribution in [-0.2, 0) is 9.83 Å². The summed E-state index contributed by atoms with van der Waals surface area (Å²) in [6.45, 7) is 3.44. The Bertz CT molecular complexity index is 79.8. The van der Waals surface area contributed by atoms with Gasteiger partial charge >= 0.3 is 0 Å². The predicted octanol–water partition coefficient (Wildman–Crippen LogP) is 1.20. The summed E-state index contributed by atoms with van der Waals surface area (Å²) >= 11 is 0.